The number of hydrogen-bond acceptors (Lipinski definition) is 2. The minimum Gasteiger partial charge on any atom is -0.315 e. The van der Waals surface area contributed by atoms with Gasteiger partial charge in [0, 0.05) is 19.1 Å². The summed E-state index contributed by atoms with van der Waals surface area (Å²) in [5.41, 5.74) is -0.944. The van der Waals surface area contributed by atoms with Gasteiger partial charge in [-0.15, -0.1) is 0 Å². The quantitative estimate of drug-likeness (QED) is 0.661. The number of nitrogens with one attached hydrogen (secondary N) is 1. The van der Waals surface area contributed by atoms with E-state index < -0.39 is 5.67 Å². The van der Waals surface area contributed by atoms with Crippen LogP contribution < -0.4 is 5.32 Å². The second-order valence-corrected chi connectivity index (χ2v) is 4.63. The van der Waals surface area contributed by atoms with Gasteiger partial charge >= 0.3 is 0 Å². The Labute approximate surface area is 79.5 Å². The molecule has 0 bridgehead atoms. The van der Waals surface area contributed by atoms with Gasteiger partial charge in [0.1, 0.15) is 5.67 Å². The Balaban J connectivity index is 1.91. The Kier molecular flexibility index (Phi) is 2.56. The number of likely N-dealkylation sites (tertiary alicyclic amines) is 1. The molecule has 1 N–H and O–H groups in total. The highest BCUT2D eigenvalue weighted by atomic mass is 19.1. The molecule has 0 spiro atoms. The zero-order valence-corrected chi connectivity index (χ0v) is 8.35. The van der Waals surface area contributed by atoms with Gasteiger partial charge in [-0.2, -0.15) is 0 Å². The summed E-state index contributed by atoms with van der Waals surface area (Å²) in [5.74, 6) is 0. The molecule has 76 valence electrons. The zero-order chi connectivity index (χ0) is 9.31. The molecule has 0 radical (unpaired) electrons. The molecular formula is C10H19FN2. The maximum absolute atomic E-state index is 13.7. The number of hydrogen-bond donors (Lipinski definition) is 1. The summed E-state index contributed by atoms with van der Waals surface area (Å²) in [6.07, 6.45) is 2.95. The summed E-state index contributed by atoms with van der Waals surface area (Å²) in [6, 6.07) is 0.593. The van der Waals surface area contributed by atoms with E-state index in [2.05, 4.69) is 10.2 Å². The van der Waals surface area contributed by atoms with Crippen LogP contribution in [0.3, 0.4) is 0 Å². The van der Waals surface area contributed by atoms with Crippen molar-refractivity contribution in [1.29, 1.82) is 0 Å². The number of alkyl halides is 1. The fourth-order valence-corrected chi connectivity index (χ4v) is 2.50. The van der Waals surface area contributed by atoms with E-state index in [-0.39, 0.29) is 0 Å². The van der Waals surface area contributed by atoms with Crippen LogP contribution in [-0.4, -0.2) is 42.8 Å². The Morgan fingerprint density at radius 2 is 2.38 bits per heavy atom. The molecule has 2 rings (SSSR count). The molecule has 0 aromatic heterocycles. The van der Waals surface area contributed by atoms with E-state index in [0.717, 1.165) is 32.5 Å². The molecule has 3 heteroatoms. The molecule has 2 nitrogen and oxygen atoms in total. The Morgan fingerprint density at radius 3 is 3.00 bits per heavy atom. The van der Waals surface area contributed by atoms with E-state index in [1.807, 2.05) is 0 Å². The molecule has 2 fully saturated rings. The largest absolute Gasteiger partial charge is 0.315 e. The second-order valence-electron chi connectivity index (χ2n) is 4.63. The van der Waals surface area contributed by atoms with Crippen molar-refractivity contribution in [3.63, 3.8) is 0 Å². The summed E-state index contributed by atoms with van der Waals surface area (Å²) >= 11 is 0. The highest BCUT2D eigenvalue weighted by Gasteiger charge is 2.34. The fraction of sp³-hybridized carbons (Fsp3) is 1.00. The number of halogens is 1. The summed E-state index contributed by atoms with van der Waals surface area (Å²) < 4.78 is 13.7. The lowest BCUT2D eigenvalue weighted by atomic mass is 9.95. The molecule has 0 amide bonds. The van der Waals surface area contributed by atoms with Gasteiger partial charge < -0.3 is 5.32 Å². The van der Waals surface area contributed by atoms with Crippen LogP contribution in [0.2, 0.25) is 0 Å². The van der Waals surface area contributed by atoms with Crippen molar-refractivity contribution in [1.82, 2.24) is 10.2 Å². The fourth-order valence-electron chi connectivity index (χ4n) is 2.50. The van der Waals surface area contributed by atoms with Gasteiger partial charge in [-0.25, -0.2) is 4.39 Å². The Hall–Kier alpha value is -0.150. The van der Waals surface area contributed by atoms with Gasteiger partial charge in [-0.3, -0.25) is 4.90 Å². The highest BCUT2D eigenvalue weighted by molar-refractivity contribution is 4.89. The van der Waals surface area contributed by atoms with Crippen molar-refractivity contribution in [2.24, 2.45) is 0 Å². The minimum atomic E-state index is -0.944. The zero-order valence-electron chi connectivity index (χ0n) is 8.35. The van der Waals surface area contributed by atoms with Crippen LogP contribution in [0.15, 0.2) is 0 Å². The predicted molar refractivity (Wildman–Crippen MR) is 51.6 cm³/mol. The van der Waals surface area contributed by atoms with Crippen LogP contribution in [0.1, 0.15) is 26.2 Å². The number of piperidine rings is 1. The third kappa shape index (κ3) is 2.20. The smallest absolute Gasteiger partial charge is 0.120 e. The summed E-state index contributed by atoms with van der Waals surface area (Å²) in [7, 11) is 0. The first-order valence-corrected chi connectivity index (χ1v) is 5.31. The first kappa shape index (κ1) is 9.41. The molecule has 0 aromatic carbocycles. The first-order chi connectivity index (χ1) is 6.17. The molecule has 2 aliphatic rings. The molecule has 13 heavy (non-hydrogen) atoms. The van der Waals surface area contributed by atoms with E-state index in [9.17, 15) is 4.39 Å². The van der Waals surface area contributed by atoms with Crippen molar-refractivity contribution in [3.8, 4) is 0 Å². The van der Waals surface area contributed by atoms with Crippen molar-refractivity contribution in [2.45, 2.75) is 37.9 Å². The minimum absolute atomic E-state index is 0.593. The topological polar surface area (TPSA) is 15.3 Å². The maximum atomic E-state index is 13.7. The van der Waals surface area contributed by atoms with Crippen molar-refractivity contribution < 1.29 is 4.39 Å². The number of rotatable bonds is 1. The van der Waals surface area contributed by atoms with E-state index in [1.54, 1.807) is 6.92 Å². The maximum Gasteiger partial charge on any atom is 0.120 e. The van der Waals surface area contributed by atoms with Gasteiger partial charge in [0.2, 0.25) is 0 Å². The lowest BCUT2D eigenvalue weighted by Gasteiger charge is -2.38. The third-order valence-electron chi connectivity index (χ3n) is 3.23. The lowest BCUT2D eigenvalue weighted by molar-refractivity contribution is 0.0397. The third-order valence-corrected chi connectivity index (χ3v) is 3.23. The molecule has 2 unspecified atom stereocenters. The molecular weight excluding hydrogens is 167 g/mol. The Morgan fingerprint density at radius 1 is 1.54 bits per heavy atom. The normalized spacial score (nSPS) is 42.5. The second kappa shape index (κ2) is 3.54. The molecule has 2 saturated heterocycles. The van der Waals surface area contributed by atoms with Crippen LogP contribution in [-0.2, 0) is 0 Å². The average Bonchev–Trinajstić information content (AvgIpc) is 2.53. The van der Waals surface area contributed by atoms with Crippen LogP contribution in [0, 0.1) is 0 Å². The van der Waals surface area contributed by atoms with Crippen LogP contribution in [0.4, 0.5) is 4.39 Å². The highest BCUT2D eigenvalue weighted by Crippen LogP contribution is 2.26. The monoisotopic (exact) mass is 186 g/mol. The predicted octanol–water partition coefficient (Wildman–Crippen LogP) is 1.17. The van der Waals surface area contributed by atoms with Crippen LogP contribution >= 0.6 is 0 Å². The van der Waals surface area contributed by atoms with Gasteiger partial charge in [-0.05, 0) is 39.3 Å². The Bertz CT molecular complexity index is 176. The molecule has 0 aliphatic carbocycles. The van der Waals surface area contributed by atoms with E-state index in [1.165, 1.54) is 6.42 Å². The molecule has 0 aromatic rings. The van der Waals surface area contributed by atoms with Gasteiger partial charge in [0.05, 0.1) is 0 Å². The summed E-state index contributed by atoms with van der Waals surface area (Å²) in [6.45, 7) is 5.62. The van der Waals surface area contributed by atoms with E-state index in [0.29, 0.717) is 12.6 Å². The van der Waals surface area contributed by atoms with E-state index >= 15 is 0 Å². The first-order valence-electron chi connectivity index (χ1n) is 5.31. The van der Waals surface area contributed by atoms with Crippen molar-refractivity contribution >= 4 is 0 Å². The molecule has 0 saturated carbocycles. The van der Waals surface area contributed by atoms with Crippen molar-refractivity contribution in [3.05, 3.63) is 0 Å². The van der Waals surface area contributed by atoms with E-state index in [4.69, 9.17) is 0 Å². The number of nitrogens with zero attached hydrogens (tertiary/aromatic N) is 1. The standard InChI is InChI=1S/C10H19FN2/c1-10(11)4-2-6-13(8-10)9-3-5-12-7-9/h9,12H,2-8H2,1H3. The van der Waals surface area contributed by atoms with Gasteiger partial charge in [0.25, 0.3) is 0 Å². The van der Waals surface area contributed by atoms with Gasteiger partial charge in [0.15, 0.2) is 0 Å². The molecule has 2 aliphatic heterocycles. The van der Waals surface area contributed by atoms with Crippen LogP contribution in [0.25, 0.3) is 0 Å². The summed E-state index contributed by atoms with van der Waals surface area (Å²) in [5, 5.41) is 3.33. The van der Waals surface area contributed by atoms with Gasteiger partial charge in [-0.1, -0.05) is 0 Å². The molecule has 2 heterocycles. The lowest BCUT2D eigenvalue weighted by Crippen LogP contribution is -2.48. The van der Waals surface area contributed by atoms with Crippen molar-refractivity contribution in [2.75, 3.05) is 26.2 Å². The molecule has 2 atom stereocenters. The summed E-state index contributed by atoms with van der Waals surface area (Å²) in [4.78, 5) is 2.32. The van der Waals surface area contributed by atoms with Crippen LogP contribution in [0.5, 0.6) is 0 Å². The SMILES string of the molecule is CC1(F)CCCN(C2CCNC2)C1. The average molecular weight is 186 g/mol.